The third-order valence-electron chi connectivity index (χ3n) is 5.99. The van der Waals surface area contributed by atoms with Crippen molar-refractivity contribution >= 4 is 39.1 Å². The molecule has 11 nitrogen and oxygen atoms in total. The second kappa shape index (κ2) is 9.97. The fraction of sp³-hybridized carbons (Fsp3) is 0.409. The average molecular weight is 518 g/mol. The Labute approximate surface area is 209 Å². The number of aromatic nitrogens is 5. The fourth-order valence-corrected chi connectivity index (χ4v) is 5.21. The van der Waals surface area contributed by atoms with E-state index in [2.05, 4.69) is 42.1 Å². The van der Waals surface area contributed by atoms with E-state index < -0.39 is 10.0 Å². The first-order valence-electron chi connectivity index (χ1n) is 11.1. The SMILES string of the molecule is Cc1nc(N)nc(-c2cc([C@@H](C)N3CCN(S(C)(=O)=O)C[C@@H]3C)cnc2Nc2ccc(Cl)nc2)n1. The van der Waals surface area contributed by atoms with E-state index in [0.717, 1.165) is 5.56 Å². The quantitative estimate of drug-likeness (QED) is 0.468. The highest BCUT2D eigenvalue weighted by Gasteiger charge is 2.32. The number of nitrogens with two attached hydrogens (primary N) is 1. The van der Waals surface area contributed by atoms with Gasteiger partial charge in [-0.15, -0.1) is 0 Å². The molecule has 0 spiro atoms. The van der Waals surface area contributed by atoms with Crippen molar-refractivity contribution in [3.8, 4) is 11.4 Å². The molecule has 1 fully saturated rings. The Morgan fingerprint density at radius 1 is 1.17 bits per heavy atom. The van der Waals surface area contributed by atoms with Gasteiger partial charge in [-0.05, 0) is 44.5 Å². The topological polar surface area (TPSA) is 143 Å². The second-order valence-electron chi connectivity index (χ2n) is 8.61. The van der Waals surface area contributed by atoms with E-state index in [1.54, 1.807) is 31.5 Å². The zero-order chi connectivity index (χ0) is 25.3. The van der Waals surface area contributed by atoms with Gasteiger partial charge in [0.2, 0.25) is 16.0 Å². The molecule has 3 N–H and O–H groups in total. The summed E-state index contributed by atoms with van der Waals surface area (Å²) in [6, 6.07) is 5.47. The Hall–Kier alpha value is -2.93. The molecule has 0 aliphatic carbocycles. The number of halogens is 1. The number of nitrogen functional groups attached to an aromatic ring is 1. The van der Waals surface area contributed by atoms with Gasteiger partial charge in [0.25, 0.3) is 0 Å². The zero-order valence-electron chi connectivity index (χ0n) is 20.0. The Morgan fingerprint density at radius 2 is 1.94 bits per heavy atom. The normalized spacial score (nSPS) is 18.4. The highest BCUT2D eigenvalue weighted by molar-refractivity contribution is 7.88. The Balaban J connectivity index is 1.69. The molecule has 3 aromatic heterocycles. The molecule has 0 aromatic carbocycles. The van der Waals surface area contributed by atoms with Crippen LogP contribution in [0, 0.1) is 6.92 Å². The first-order valence-corrected chi connectivity index (χ1v) is 13.3. The number of nitrogens with one attached hydrogen (secondary N) is 1. The van der Waals surface area contributed by atoms with E-state index in [4.69, 9.17) is 17.3 Å². The third-order valence-corrected chi connectivity index (χ3v) is 7.49. The number of aryl methyl sites for hydroxylation is 1. The lowest BCUT2D eigenvalue weighted by atomic mass is 10.0. The Morgan fingerprint density at radius 3 is 2.57 bits per heavy atom. The number of sulfonamides is 1. The van der Waals surface area contributed by atoms with Gasteiger partial charge in [0.15, 0.2) is 5.82 Å². The van der Waals surface area contributed by atoms with Gasteiger partial charge in [0.1, 0.15) is 16.8 Å². The summed E-state index contributed by atoms with van der Waals surface area (Å²) >= 11 is 5.92. The van der Waals surface area contributed by atoms with Crippen LogP contribution in [0.3, 0.4) is 0 Å². The number of hydrogen-bond donors (Lipinski definition) is 2. The fourth-order valence-electron chi connectivity index (χ4n) is 4.20. The highest BCUT2D eigenvalue weighted by Crippen LogP contribution is 2.32. The van der Waals surface area contributed by atoms with Gasteiger partial charge in [0.05, 0.1) is 23.7 Å². The van der Waals surface area contributed by atoms with Crippen LogP contribution in [0.25, 0.3) is 11.4 Å². The lowest BCUT2D eigenvalue weighted by Crippen LogP contribution is -2.53. The molecule has 0 unspecified atom stereocenters. The molecule has 2 atom stereocenters. The molecule has 4 rings (SSSR count). The van der Waals surface area contributed by atoms with Gasteiger partial charge in [-0.25, -0.2) is 23.4 Å². The summed E-state index contributed by atoms with van der Waals surface area (Å²) in [4.78, 5) is 24.0. The van der Waals surface area contributed by atoms with Crippen LogP contribution in [0.1, 0.15) is 31.3 Å². The van der Waals surface area contributed by atoms with Crippen LogP contribution in [0.4, 0.5) is 17.5 Å². The van der Waals surface area contributed by atoms with E-state index >= 15 is 0 Å². The second-order valence-corrected chi connectivity index (χ2v) is 11.0. The molecular formula is C22H28ClN9O2S. The summed E-state index contributed by atoms with van der Waals surface area (Å²) < 4.78 is 25.5. The van der Waals surface area contributed by atoms with Crippen molar-refractivity contribution in [3.63, 3.8) is 0 Å². The summed E-state index contributed by atoms with van der Waals surface area (Å²) in [6.07, 6.45) is 4.66. The summed E-state index contributed by atoms with van der Waals surface area (Å²) in [6.45, 7) is 7.36. The smallest absolute Gasteiger partial charge is 0.223 e. The average Bonchev–Trinajstić information content (AvgIpc) is 2.79. The zero-order valence-corrected chi connectivity index (χ0v) is 21.5. The predicted molar refractivity (Wildman–Crippen MR) is 136 cm³/mol. The summed E-state index contributed by atoms with van der Waals surface area (Å²) in [7, 11) is -3.22. The minimum Gasteiger partial charge on any atom is -0.368 e. The Bertz CT molecular complexity index is 1300. The largest absolute Gasteiger partial charge is 0.368 e. The maximum Gasteiger partial charge on any atom is 0.223 e. The number of rotatable bonds is 6. The lowest BCUT2D eigenvalue weighted by Gasteiger charge is -2.42. The van der Waals surface area contributed by atoms with Crippen LogP contribution in [0.5, 0.6) is 0 Å². The van der Waals surface area contributed by atoms with Crippen LogP contribution < -0.4 is 11.1 Å². The first kappa shape index (κ1) is 25.2. The monoisotopic (exact) mass is 517 g/mol. The van der Waals surface area contributed by atoms with Crippen LogP contribution in [-0.4, -0.2) is 74.5 Å². The maximum atomic E-state index is 12.0. The molecule has 1 saturated heterocycles. The third kappa shape index (κ3) is 5.84. The van der Waals surface area contributed by atoms with Gasteiger partial charge < -0.3 is 11.1 Å². The molecule has 4 heterocycles. The number of nitrogens with zero attached hydrogens (tertiary/aromatic N) is 7. The summed E-state index contributed by atoms with van der Waals surface area (Å²) in [5, 5.41) is 3.64. The molecule has 1 aliphatic heterocycles. The van der Waals surface area contributed by atoms with E-state index in [1.165, 1.54) is 10.6 Å². The van der Waals surface area contributed by atoms with E-state index in [-0.39, 0.29) is 18.0 Å². The highest BCUT2D eigenvalue weighted by atomic mass is 35.5. The first-order chi connectivity index (χ1) is 16.5. The lowest BCUT2D eigenvalue weighted by molar-refractivity contribution is 0.0906. The molecule has 186 valence electrons. The van der Waals surface area contributed by atoms with Crippen molar-refractivity contribution in [3.05, 3.63) is 47.1 Å². The van der Waals surface area contributed by atoms with Crippen LogP contribution >= 0.6 is 11.6 Å². The van der Waals surface area contributed by atoms with Crippen molar-refractivity contribution in [1.82, 2.24) is 34.1 Å². The van der Waals surface area contributed by atoms with Crippen LogP contribution in [0.2, 0.25) is 5.15 Å². The van der Waals surface area contributed by atoms with Gasteiger partial charge in [-0.1, -0.05) is 11.6 Å². The van der Waals surface area contributed by atoms with Crippen molar-refractivity contribution in [2.24, 2.45) is 0 Å². The van der Waals surface area contributed by atoms with Gasteiger partial charge in [-0.3, -0.25) is 4.90 Å². The molecule has 13 heteroatoms. The minimum atomic E-state index is -3.22. The molecular weight excluding hydrogens is 490 g/mol. The van der Waals surface area contributed by atoms with Crippen molar-refractivity contribution in [1.29, 1.82) is 0 Å². The van der Waals surface area contributed by atoms with E-state index in [0.29, 0.717) is 53.5 Å². The molecule has 0 amide bonds. The van der Waals surface area contributed by atoms with Gasteiger partial charge >= 0.3 is 0 Å². The number of anilines is 3. The Kier molecular flexibility index (Phi) is 7.17. The van der Waals surface area contributed by atoms with Crippen LogP contribution in [-0.2, 0) is 10.0 Å². The molecule has 0 bridgehead atoms. The van der Waals surface area contributed by atoms with Crippen molar-refractivity contribution in [2.75, 3.05) is 36.9 Å². The summed E-state index contributed by atoms with van der Waals surface area (Å²) in [5.74, 6) is 1.55. The van der Waals surface area contributed by atoms with Gasteiger partial charge in [-0.2, -0.15) is 14.3 Å². The van der Waals surface area contributed by atoms with Crippen LogP contribution in [0.15, 0.2) is 30.6 Å². The minimum absolute atomic E-state index is 0.0236. The molecule has 35 heavy (non-hydrogen) atoms. The summed E-state index contributed by atoms with van der Waals surface area (Å²) in [5.41, 5.74) is 8.21. The predicted octanol–water partition coefficient (Wildman–Crippen LogP) is 2.64. The standard InChI is InChI=1S/C22H28ClN9O2S/c1-13-12-31(35(4,33)34)7-8-32(13)14(2)16-9-18(21-27-15(3)28-22(24)30-21)20(26-10-16)29-17-5-6-19(23)25-11-17/h5-6,9-11,13-14H,7-8,12H2,1-4H3,(H,26,29)(H2,24,27,28,30)/t13-,14+/m0/s1. The van der Waals surface area contributed by atoms with E-state index in [9.17, 15) is 8.42 Å². The molecule has 0 saturated carbocycles. The number of hydrogen-bond acceptors (Lipinski definition) is 10. The molecule has 1 aliphatic rings. The van der Waals surface area contributed by atoms with Crippen molar-refractivity contribution < 1.29 is 8.42 Å². The maximum absolute atomic E-state index is 12.0. The number of piperazine rings is 1. The van der Waals surface area contributed by atoms with E-state index in [1.807, 2.05) is 13.0 Å². The van der Waals surface area contributed by atoms with Gasteiger partial charge in [0, 0.05) is 37.9 Å². The molecule has 3 aromatic rings. The van der Waals surface area contributed by atoms with Crippen molar-refractivity contribution in [2.45, 2.75) is 32.9 Å². The number of pyridine rings is 2. The molecule has 0 radical (unpaired) electrons.